The maximum Gasteiger partial charge on any atom is 0.435 e. The Hall–Kier alpha value is -2.62. The molecule has 2 aromatic heterocycles. The Morgan fingerprint density at radius 3 is 2.56 bits per heavy atom. The van der Waals surface area contributed by atoms with Gasteiger partial charge in [0.1, 0.15) is 6.04 Å². The minimum absolute atomic E-state index is 0.0252. The van der Waals surface area contributed by atoms with Crippen LogP contribution in [0.3, 0.4) is 0 Å². The number of alkyl halides is 3. The van der Waals surface area contributed by atoms with Gasteiger partial charge in [0.15, 0.2) is 5.69 Å². The molecule has 0 radical (unpaired) electrons. The molecule has 1 atom stereocenters. The molecule has 2 heterocycles. The van der Waals surface area contributed by atoms with Crippen molar-refractivity contribution in [2.45, 2.75) is 58.3 Å². The molecular weight excluding hydrogens is 487 g/mol. The second-order valence-corrected chi connectivity index (χ2v) is 8.97. The third-order valence-corrected chi connectivity index (χ3v) is 6.76. The van der Waals surface area contributed by atoms with Crippen molar-refractivity contribution in [3.05, 3.63) is 63.1 Å². The number of nitrogens with one attached hydrogen (secondary N) is 1. The third kappa shape index (κ3) is 4.60. The molecule has 6 nitrogen and oxygen atoms in total. The zero-order valence-electron chi connectivity index (χ0n) is 17.9. The second-order valence-electron chi connectivity index (χ2n) is 8.18. The van der Waals surface area contributed by atoms with Gasteiger partial charge in [0.05, 0.1) is 22.4 Å². The summed E-state index contributed by atoms with van der Waals surface area (Å²) in [6, 6.07) is 7.52. The SMILES string of the molecule is Cc1nn(Cc2cccc(NC(=O)C(C)n3nc(C(F)(F)F)cc3C3CC3)c2)c(C)c1Br. The number of hydrogen-bond donors (Lipinski definition) is 1. The largest absolute Gasteiger partial charge is 0.435 e. The van der Waals surface area contributed by atoms with Gasteiger partial charge in [-0.2, -0.15) is 23.4 Å². The average Bonchev–Trinajstić information content (AvgIpc) is 3.42. The highest BCUT2D eigenvalue weighted by Crippen LogP contribution is 2.43. The molecule has 3 aromatic rings. The summed E-state index contributed by atoms with van der Waals surface area (Å²) < 4.78 is 43.5. The highest BCUT2D eigenvalue weighted by molar-refractivity contribution is 9.10. The number of anilines is 1. The molecule has 32 heavy (non-hydrogen) atoms. The maximum absolute atomic E-state index is 13.2. The first-order chi connectivity index (χ1) is 15.0. The molecule has 10 heteroatoms. The fourth-order valence-corrected chi connectivity index (χ4v) is 3.93. The van der Waals surface area contributed by atoms with Crippen LogP contribution in [0.15, 0.2) is 34.8 Å². The van der Waals surface area contributed by atoms with E-state index in [9.17, 15) is 18.0 Å². The lowest BCUT2D eigenvalue weighted by atomic mass is 10.2. The Labute approximate surface area is 191 Å². The topological polar surface area (TPSA) is 64.7 Å². The van der Waals surface area contributed by atoms with Gasteiger partial charge >= 0.3 is 6.18 Å². The lowest BCUT2D eigenvalue weighted by Gasteiger charge is -2.16. The minimum atomic E-state index is -4.54. The Kier molecular flexibility index (Phi) is 5.91. The number of halogens is 4. The van der Waals surface area contributed by atoms with Gasteiger partial charge in [-0.1, -0.05) is 12.1 Å². The van der Waals surface area contributed by atoms with Crippen LogP contribution in [0.2, 0.25) is 0 Å². The Morgan fingerprint density at radius 1 is 1.25 bits per heavy atom. The lowest BCUT2D eigenvalue weighted by molar-refractivity contribution is -0.141. The Bertz CT molecular complexity index is 1160. The number of aromatic nitrogens is 4. The van der Waals surface area contributed by atoms with Gasteiger partial charge < -0.3 is 5.32 Å². The molecule has 0 aliphatic heterocycles. The molecule has 1 N–H and O–H groups in total. The monoisotopic (exact) mass is 509 g/mol. The Balaban J connectivity index is 1.51. The molecule has 4 rings (SSSR count). The van der Waals surface area contributed by atoms with E-state index in [0.29, 0.717) is 17.9 Å². The molecule has 1 aliphatic rings. The standard InChI is InChI=1S/C22H23BrF3N5O/c1-12-20(23)13(2)30(28-12)11-15-5-4-6-17(9-15)27-21(32)14(3)31-18(16-7-8-16)10-19(29-31)22(24,25)26/h4-6,9-10,14,16H,7-8,11H2,1-3H3,(H,27,32). The van der Waals surface area contributed by atoms with E-state index in [-0.39, 0.29) is 5.92 Å². The van der Waals surface area contributed by atoms with Gasteiger partial charge in [-0.05, 0) is 73.3 Å². The van der Waals surface area contributed by atoms with E-state index in [2.05, 4.69) is 31.4 Å². The number of amides is 1. The molecule has 1 fully saturated rings. The van der Waals surface area contributed by atoms with E-state index in [0.717, 1.165) is 40.3 Å². The van der Waals surface area contributed by atoms with Crippen LogP contribution in [0.1, 0.15) is 60.1 Å². The third-order valence-electron chi connectivity index (χ3n) is 5.62. The van der Waals surface area contributed by atoms with Crippen LogP contribution in [0.4, 0.5) is 18.9 Å². The minimum Gasteiger partial charge on any atom is -0.324 e. The summed E-state index contributed by atoms with van der Waals surface area (Å²) >= 11 is 3.51. The van der Waals surface area contributed by atoms with Crippen LogP contribution in [0.25, 0.3) is 0 Å². The van der Waals surface area contributed by atoms with Crippen molar-refractivity contribution in [3.8, 4) is 0 Å². The molecule has 0 spiro atoms. The van der Waals surface area contributed by atoms with Gasteiger partial charge in [0.25, 0.3) is 0 Å². The number of nitrogens with zero attached hydrogens (tertiary/aromatic N) is 4. The molecule has 1 amide bonds. The first-order valence-electron chi connectivity index (χ1n) is 10.3. The molecule has 1 saturated carbocycles. The zero-order chi connectivity index (χ0) is 23.2. The average molecular weight is 510 g/mol. The van der Waals surface area contributed by atoms with Crippen LogP contribution in [-0.4, -0.2) is 25.5 Å². The van der Waals surface area contributed by atoms with E-state index in [1.54, 1.807) is 13.0 Å². The lowest BCUT2D eigenvalue weighted by Crippen LogP contribution is -2.26. The van der Waals surface area contributed by atoms with E-state index < -0.39 is 23.8 Å². The van der Waals surface area contributed by atoms with E-state index >= 15 is 0 Å². The van der Waals surface area contributed by atoms with Crippen molar-refractivity contribution in [1.29, 1.82) is 0 Å². The number of rotatable bonds is 6. The van der Waals surface area contributed by atoms with Crippen LogP contribution in [0, 0.1) is 13.8 Å². The van der Waals surface area contributed by atoms with Crippen LogP contribution >= 0.6 is 15.9 Å². The zero-order valence-corrected chi connectivity index (χ0v) is 19.5. The van der Waals surface area contributed by atoms with Crippen LogP contribution in [0.5, 0.6) is 0 Å². The summed E-state index contributed by atoms with van der Waals surface area (Å²) in [4.78, 5) is 12.9. The summed E-state index contributed by atoms with van der Waals surface area (Å²) in [5.74, 6) is -0.396. The smallest absolute Gasteiger partial charge is 0.324 e. The quantitative estimate of drug-likeness (QED) is 0.470. The molecule has 0 bridgehead atoms. The van der Waals surface area contributed by atoms with Gasteiger partial charge in [-0.25, -0.2) is 0 Å². The molecule has 1 aromatic carbocycles. The van der Waals surface area contributed by atoms with Gasteiger partial charge in [0, 0.05) is 17.3 Å². The van der Waals surface area contributed by atoms with Gasteiger partial charge in [-0.15, -0.1) is 0 Å². The van der Waals surface area contributed by atoms with Crippen molar-refractivity contribution in [2.24, 2.45) is 0 Å². The highest BCUT2D eigenvalue weighted by Gasteiger charge is 2.39. The van der Waals surface area contributed by atoms with E-state index in [1.807, 2.05) is 36.7 Å². The second kappa shape index (κ2) is 8.38. The van der Waals surface area contributed by atoms with Crippen LogP contribution < -0.4 is 5.32 Å². The summed E-state index contributed by atoms with van der Waals surface area (Å²) in [6.07, 6.45) is -2.93. The van der Waals surface area contributed by atoms with Crippen molar-refractivity contribution in [2.75, 3.05) is 5.32 Å². The summed E-state index contributed by atoms with van der Waals surface area (Å²) in [7, 11) is 0. The first kappa shape index (κ1) is 22.6. The number of benzene rings is 1. The number of carbonyl (C=O) groups excluding carboxylic acids is 1. The van der Waals surface area contributed by atoms with Crippen LogP contribution in [-0.2, 0) is 17.5 Å². The molecule has 0 saturated heterocycles. The number of aryl methyl sites for hydroxylation is 1. The molecule has 170 valence electrons. The normalized spacial score (nSPS) is 15.1. The number of hydrogen-bond acceptors (Lipinski definition) is 3. The van der Waals surface area contributed by atoms with Crippen molar-refractivity contribution < 1.29 is 18.0 Å². The maximum atomic E-state index is 13.2. The summed E-state index contributed by atoms with van der Waals surface area (Å²) in [5.41, 5.74) is 2.89. The molecule has 1 unspecified atom stereocenters. The fraction of sp³-hybridized carbons (Fsp3) is 0.409. The molecular formula is C22H23BrF3N5O. The van der Waals surface area contributed by atoms with Crippen molar-refractivity contribution in [1.82, 2.24) is 19.6 Å². The predicted octanol–water partition coefficient (Wildman–Crippen LogP) is 5.60. The van der Waals surface area contributed by atoms with Crippen molar-refractivity contribution in [3.63, 3.8) is 0 Å². The van der Waals surface area contributed by atoms with Crippen molar-refractivity contribution >= 4 is 27.5 Å². The first-order valence-corrected chi connectivity index (χ1v) is 11.1. The fourth-order valence-electron chi connectivity index (χ4n) is 3.65. The van der Waals surface area contributed by atoms with Gasteiger partial charge in [-0.3, -0.25) is 14.2 Å². The summed E-state index contributed by atoms with van der Waals surface area (Å²) in [5, 5.41) is 11.0. The molecule has 1 aliphatic carbocycles. The highest BCUT2D eigenvalue weighted by atomic mass is 79.9. The number of carbonyl (C=O) groups is 1. The van der Waals surface area contributed by atoms with E-state index in [1.165, 1.54) is 4.68 Å². The summed E-state index contributed by atoms with van der Waals surface area (Å²) in [6.45, 7) is 5.97. The van der Waals surface area contributed by atoms with Gasteiger partial charge in [0.2, 0.25) is 5.91 Å². The predicted molar refractivity (Wildman–Crippen MR) is 117 cm³/mol. The van der Waals surface area contributed by atoms with E-state index in [4.69, 9.17) is 0 Å². The Morgan fingerprint density at radius 2 is 1.97 bits per heavy atom.